The monoisotopic (exact) mass is 413 g/mol. The highest BCUT2D eigenvalue weighted by Crippen LogP contribution is 2.29. The Hall–Kier alpha value is -3.03. The van der Waals surface area contributed by atoms with Crippen LogP contribution in [0.25, 0.3) is 5.69 Å². The summed E-state index contributed by atoms with van der Waals surface area (Å²) in [6.45, 7) is 3.15. The third kappa shape index (κ3) is 4.88. The fourth-order valence-electron chi connectivity index (χ4n) is 2.77. The number of carbonyl (C=O) groups excluding carboxylic acids is 1. The fourth-order valence-corrected chi connectivity index (χ4v) is 2.93. The number of nitrogens with two attached hydrogens (primary N) is 1. The van der Waals surface area contributed by atoms with E-state index in [1.165, 1.54) is 6.20 Å². The standard InChI is InChI=1S/C21H24ClN5O2/c1-14-6-4-5-7-18(14)27-20(23)16(13-24-27)21(28)25-17-9-8-15(22)12-19(17)29-11-10-26(2)3/h4-9,12-13H,10-11,23H2,1-3H3,(H,25,28). The largest absolute Gasteiger partial charge is 0.490 e. The number of aromatic nitrogens is 2. The Morgan fingerprint density at radius 1 is 1.28 bits per heavy atom. The fraction of sp³-hybridized carbons (Fsp3) is 0.238. The van der Waals surface area contributed by atoms with Crippen molar-refractivity contribution in [2.24, 2.45) is 0 Å². The highest BCUT2D eigenvalue weighted by molar-refractivity contribution is 6.30. The molecule has 2 aromatic carbocycles. The first-order valence-corrected chi connectivity index (χ1v) is 9.52. The van der Waals surface area contributed by atoms with E-state index in [1.807, 2.05) is 50.2 Å². The molecule has 0 bridgehead atoms. The smallest absolute Gasteiger partial charge is 0.261 e. The van der Waals surface area contributed by atoms with Crippen LogP contribution in [0.4, 0.5) is 11.5 Å². The zero-order valence-corrected chi connectivity index (χ0v) is 17.4. The van der Waals surface area contributed by atoms with Crippen molar-refractivity contribution in [3.05, 3.63) is 64.8 Å². The van der Waals surface area contributed by atoms with Gasteiger partial charge >= 0.3 is 0 Å². The third-order valence-electron chi connectivity index (χ3n) is 4.38. The number of amides is 1. The number of ether oxygens (including phenoxy) is 1. The number of benzene rings is 2. The maximum absolute atomic E-state index is 12.8. The molecule has 0 saturated heterocycles. The summed E-state index contributed by atoms with van der Waals surface area (Å²) in [7, 11) is 3.91. The number of likely N-dealkylation sites (N-methyl/N-ethyl adjacent to an activating group) is 1. The number of hydrogen-bond acceptors (Lipinski definition) is 5. The van der Waals surface area contributed by atoms with E-state index < -0.39 is 0 Å². The number of anilines is 2. The van der Waals surface area contributed by atoms with Crippen molar-refractivity contribution in [3.8, 4) is 11.4 Å². The second-order valence-electron chi connectivity index (χ2n) is 6.89. The number of nitrogens with one attached hydrogen (secondary N) is 1. The molecule has 0 atom stereocenters. The summed E-state index contributed by atoms with van der Waals surface area (Å²) in [4.78, 5) is 14.8. The molecule has 3 N–H and O–H groups in total. The summed E-state index contributed by atoms with van der Waals surface area (Å²) < 4.78 is 7.35. The third-order valence-corrected chi connectivity index (χ3v) is 4.62. The molecule has 0 aliphatic heterocycles. The van der Waals surface area contributed by atoms with Crippen molar-refractivity contribution in [2.45, 2.75) is 6.92 Å². The normalized spacial score (nSPS) is 10.9. The second-order valence-corrected chi connectivity index (χ2v) is 7.32. The molecular formula is C21H24ClN5O2. The van der Waals surface area contributed by atoms with E-state index in [1.54, 1.807) is 22.9 Å². The van der Waals surface area contributed by atoms with Crippen LogP contribution >= 0.6 is 11.6 Å². The van der Waals surface area contributed by atoms with Gasteiger partial charge in [0.2, 0.25) is 0 Å². The van der Waals surface area contributed by atoms with Gasteiger partial charge in [0, 0.05) is 17.6 Å². The molecule has 7 nitrogen and oxygen atoms in total. The minimum atomic E-state index is -0.373. The van der Waals surface area contributed by atoms with Crippen molar-refractivity contribution in [1.82, 2.24) is 14.7 Å². The minimum Gasteiger partial charge on any atom is -0.490 e. The van der Waals surface area contributed by atoms with Gasteiger partial charge in [0.15, 0.2) is 0 Å². The Labute approximate surface area is 175 Å². The van der Waals surface area contributed by atoms with E-state index in [9.17, 15) is 4.79 Å². The van der Waals surface area contributed by atoms with Crippen LogP contribution in [0.15, 0.2) is 48.7 Å². The molecule has 1 amide bonds. The van der Waals surface area contributed by atoms with E-state index in [0.717, 1.165) is 17.8 Å². The number of nitrogens with zero attached hydrogens (tertiary/aromatic N) is 3. The van der Waals surface area contributed by atoms with Gasteiger partial charge in [-0.1, -0.05) is 29.8 Å². The molecule has 0 aliphatic rings. The zero-order valence-electron chi connectivity index (χ0n) is 16.6. The molecule has 152 valence electrons. The van der Waals surface area contributed by atoms with Crippen molar-refractivity contribution in [1.29, 1.82) is 0 Å². The predicted octanol–water partition coefficient (Wildman–Crippen LogP) is 3.61. The van der Waals surface area contributed by atoms with E-state index in [-0.39, 0.29) is 17.3 Å². The number of para-hydroxylation sites is 1. The van der Waals surface area contributed by atoms with Gasteiger partial charge in [0.1, 0.15) is 23.7 Å². The average molecular weight is 414 g/mol. The minimum absolute atomic E-state index is 0.265. The molecule has 0 saturated carbocycles. The van der Waals surface area contributed by atoms with Gasteiger partial charge in [-0.2, -0.15) is 5.10 Å². The molecule has 29 heavy (non-hydrogen) atoms. The molecule has 0 radical (unpaired) electrons. The topological polar surface area (TPSA) is 85.4 Å². The van der Waals surface area contributed by atoms with Crippen molar-refractivity contribution < 1.29 is 9.53 Å². The van der Waals surface area contributed by atoms with Gasteiger partial charge in [-0.3, -0.25) is 4.79 Å². The lowest BCUT2D eigenvalue weighted by molar-refractivity contribution is 0.102. The van der Waals surface area contributed by atoms with Crippen LogP contribution in [0.5, 0.6) is 5.75 Å². The summed E-state index contributed by atoms with van der Waals surface area (Å²) in [6.07, 6.45) is 1.46. The zero-order chi connectivity index (χ0) is 21.0. The van der Waals surface area contributed by atoms with Crippen LogP contribution in [-0.4, -0.2) is 47.8 Å². The molecule has 0 fully saturated rings. The van der Waals surface area contributed by atoms with Crippen LogP contribution in [-0.2, 0) is 0 Å². The first-order valence-electron chi connectivity index (χ1n) is 9.14. The summed E-state index contributed by atoms with van der Waals surface area (Å²) in [5, 5.41) is 7.65. The molecule has 3 aromatic rings. The van der Waals surface area contributed by atoms with Gasteiger partial charge in [-0.15, -0.1) is 0 Å². The lowest BCUT2D eigenvalue weighted by Gasteiger charge is -2.15. The van der Waals surface area contributed by atoms with Gasteiger partial charge in [-0.25, -0.2) is 4.68 Å². The first kappa shape index (κ1) is 20.7. The lowest BCUT2D eigenvalue weighted by atomic mass is 10.2. The van der Waals surface area contributed by atoms with Gasteiger partial charge in [-0.05, 0) is 44.8 Å². The quantitative estimate of drug-likeness (QED) is 0.618. The lowest BCUT2D eigenvalue weighted by Crippen LogP contribution is -2.20. The van der Waals surface area contributed by atoms with E-state index in [0.29, 0.717) is 23.1 Å². The first-order chi connectivity index (χ1) is 13.9. The molecule has 3 rings (SSSR count). The average Bonchev–Trinajstić information content (AvgIpc) is 3.05. The van der Waals surface area contributed by atoms with Gasteiger partial charge in [0.25, 0.3) is 5.91 Å². The molecular weight excluding hydrogens is 390 g/mol. The Morgan fingerprint density at radius 2 is 2.03 bits per heavy atom. The Morgan fingerprint density at radius 3 is 2.76 bits per heavy atom. The Kier molecular flexibility index (Phi) is 6.41. The van der Waals surface area contributed by atoms with E-state index in [4.69, 9.17) is 22.1 Å². The van der Waals surface area contributed by atoms with Crippen molar-refractivity contribution in [3.63, 3.8) is 0 Å². The summed E-state index contributed by atoms with van der Waals surface area (Å²) in [6, 6.07) is 12.8. The highest BCUT2D eigenvalue weighted by atomic mass is 35.5. The maximum atomic E-state index is 12.8. The molecule has 1 aromatic heterocycles. The number of aryl methyl sites for hydroxylation is 1. The van der Waals surface area contributed by atoms with Crippen molar-refractivity contribution >= 4 is 29.0 Å². The SMILES string of the molecule is Cc1ccccc1-n1ncc(C(=O)Nc2ccc(Cl)cc2OCCN(C)C)c1N. The Balaban J connectivity index is 1.82. The number of hydrogen-bond donors (Lipinski definition) is 2. The predicted molar refractivity (Wildman–Crippen MR) is 116 cm³/mol. The van der Waals surface area contributed by atoms with Crippen LogP contribution in [0, 0.1) is 6.92 Å². The van der Waals surface area contributed by atoms with Crippen LogP contribution in [0.3, 0.4) is 0 Å². The molecule has 1 heterocycles. The summed E-state index contributed by atoms with van der Waals surface area (Å²) >= 11 is 6.09. The molecule has 0 unspecified atom stereocenters. The molecule has 0 spiro atoms. The molecule has 0 aliphatic carbocycles. The summed E-state index contributed by atoms with van der Waals surface area (Å²) in [5.74, 6) is 0.389. The highest BCUT2D eigenvalue weighted by Gasteiger charge is 2.18. The Bertz CT molecular complexity index is 1020. The second kappa shape index (κ2) is 8.98. The summed E-state index contributed by atoms with van der Waals surface area (Å²) in [5.41, 5.74) is 8.84. The van der Waals surface area contributed by atoms with Crippen molar-refractivity contribution in [2.75, 3.05) is 38.3 Å². The van der Waals surface area contributed by atoms with E-state index in [2.05, 4.69) is 10.4 Å². The van der Waals surface area contributed by atoms with E-state index >= 15 is 0 Å². The number of rotatable bonds is 7. The van der Waals surface area contributed by atoms with Crippen LogP contribution in [0.1, 0.15) is 15.9 Å². The number of nitrogen functional groups attached to an aromatic ring is 1. The maximum Gasteiger partial charge on any atom is 0.261 e. The number of halogens is 1. The molecule has 8 heteroatoms. The van der Waals surface area contributed by atoms with Crippen LogP contribution in [0.2, 0.25) is 5.02 Å². The van der Waals surface area contributed by atoms with Gasteiger partial charge < -0.3 is 20.7 Å². The number of carbonyl (C=O) groups is 1. The van der Waals surface area contributed by atoms with Gasteiger partial charge in [0.05, 0.1) is 17.6 Å². The van der Waals surface area contributed by atoms with Crippen LogP contribution < -0.4 is 15.8 Å².